The number of aryl methyl sites for hydroxylation is 1. The molecule has 0 aliphatic rings. The third kappa shape index (κ3) is 1.89. The van der Waals surface area contributed by atoms with Gasteiger partial charge in [-0.15, -0.1) is 0 Å². The van der Waals surface area contributed by atoms with E-state index in [4.69, 9.17) is 0 Å². The van der Waals surface area contributed by atoms with E-state index in [1.165, 1.54) is 22.1 Å². The number of hydrogen-bond donors (Lipinski definition) is 1. The van der Waals surface area contributed by atoms with Gasteiger partial charge in [0.05, 0.1) is 0 Å². The first-order chi connectivity index (χ1) is 8.78. The Morgan fingerprint density at radius 1 is 1.00 bits per heavy atom. The van der Waals surface area contributed by atoms with Crippen LogP contribution >= 0.6 is 11.3 Å². The summed E-state index contributed by atoms with van der Waals surface area (Å²) in [5.41, 5.74) is 3.99. The molecular weight excluding hydrogens is 240 g/mol. The highest BCUT2D eigenvalue weighted by molar-refractivity contribution is 7.08. The summed E-state index contributed by atoms with van der Waals surface area (Å²) in [7, 11) is 0. The largest absolute Gasteiger partial charge is 0.508 e. The van der Waals surface area contributed by atoms with Gasteiger partial charge in [-0.1, -0.05) is 25.1 Å². The fraction of sp³-hybridized carbons (Fsp3) is 0.125. The minimum Gasteiger partial charge on any atom is -0.508 e. The van der Waals surface area contributed by atoms with Crippen molar-refractivity contribution in [2.24, 2.45) is 0 Å². The van der Waals surface area contributed by atoms with Crippen LogP contribution in [0.4, 0.5) is 0 Å². The van der Waals surface area contributed by atoms with E-state index in [1.54, 1.807) is 23.5 Å². The second kappa shape index (κ2) is 4.46. The van der Waals surface area contributed by atoms with E-state index in [-0.39, 0.29) is 0 Å². The topological polar surface area (TPSA) is 20.2 Å². The number of aromatic hydroxyl groups is 1. The van der Waals surface area contributed by atoms with Crippen LogP contribution in [0.2, 0.25) is 0 Å². The predicted octanol–water partition coefficient (Wildman–Crippen LogP) is 4.84. The van der Waals surface area contributed by atoms with Crippen molar-refractivity contribution in [1.29, 1.82) is 0 Å². The number of phenols is 1. The van der Waals surface area contributed by atoms with Gasteiger partial charge in [-0.25, -0.2) is 0 Å². The van der Waals surface area contributed by atoms with Gasteiger partial charge in [-0.05, 0) is 62.8 Å². The van der Waals surface area contributed by atoms with Crippen molar-refractivity contribution < 1.29 is 5.11 Å². The fourth-order valence-electron chi connectivity index (χ4n) is 2.25. The maximum absolute atomic E-state index is 9.47. The lowest BCUT2D eigenvalue weighted by Gasteiger charge is -2.05. The van der Waals surface area contributed by atoms with Gasteiger partial charge in [-0.3, -0.25) is 0 Å². The molecule has 1 nitrogen and oxygen atoms in total. The van der Waals surface area contributed by atoms with E-state index in [0.717, 1.165) is 11.8 Å². The first-order valence-corrected chi connectivity index (χ1v) is 7.00. The van der Waals surface area contributed by atoms with Crippen LogP contribution in [0.3, 0.4) is 0 Å². The van der Waals surface area contributed by atoms with E-state index < -0.39 is 0 Å². The second-order valence-electron chi connectivity index (χ2n) is 4.41. The normalized spacial score (nSPS) is 10.9. The molecular formula is C16H14OS. The highest BCUT2D eigenvalue weighted by atomic mass is 32.1. The highest BCUT2D eigenvalue weighted by Gasteiger charge is 2.05. The summed E-state index contributed by atoms with van der Waals surface area (Å²) in [6.45, 7) is 2.19. The number of phenolic OH excluding ortho intramolecular Hbond substituents is 1. The second-order valence-corrected chi connectivity index (χ2v) is 5.15. The Morgan fingerprint density at radius 3 is 2.61 bits per heavy atom. The van der Waals surface area contributed by atoms with Gasteiger partial charge in [0.15, 0.2) is 0 Å². The van der Waals surface area contributed by atoms with Gasteiger partial charge in [0, 0.05) is 0 Å². The summed E-state index contributed by atoms with van der Waals surface area (Å²) in [6, 6.07) is 11.9. The van der Waals surface area contributed by atoms with Crippen LogP contribution in [0.1, 0.15) is 12.5 Å². The van der Waals surface area contributed by atoms with Gasteiger partial charge in [-0.2, -0.15) is 11.3 Å². The number of fused-ring (bicyclic) bond motifs is 1. The zero-order valence-electron chi connectivity index (χ0n) is 10.2. The van der Waals surface area contributed by atoms with Crippen molar-refractivity contribution in [2.45, 2.75) is 13.3 Å². The van der Waals surface area contributed by atoms with Gasteiger partial charge >= 0.3 is 0 Å². The molecule has 0 unspecified atom stereocenters. The van der Waals surface area contributed by atoms with E-state index >= 15 is 0 Å². The summed E-state index contributed by atoms with van der Waals surface area (Å²) >= 11 is 1.75. The van der Waals surface area contributed by atoms with Crippen molar-refractivity contribution in [3.8, 4) is 16.9 Å². The van der Waals surface area contributed by atoms with Crippen molar-refractivity contribution in [1.82, 2.24) is 0 Å². The summed E-state index contributed by atoms with van der Waals surface area (Å²) in [6.07, 6.45) is 1.06. The SMILES string of the molecule is CCc1cscc1-c1ccc2cc(O)ccc2c1. The molecule has 0 radical (unpaired) electrons. The van der Waals surface area contributed by atoms with Crippen molar-refractivity contribution >= 4 is 22.1 Å². The van der Waals surface area contributed by atoms with Crippen LogP contribution in [0.5, 0.6) is 5.75 Å². The zero-order valence-corrected chi connectivity index (χ0v) is 11.0. The molecule has 0 spiro atoms. The third-order valence-corrected chi connectivity index (χ3v) is 4.05. The number of thiophene rings is 1. The fourth-order valence-corrected chi connectivity index (χ4v) is 3.20. The number of rotatable bonds is 2. The molecule has 0 fully saturated rings. The summed E-state index contributed by atoms with van der Waals surface area (Å²) < 4.78 is 0. The molecule has 1 N–H and O–H groups in total. The first-order valence-electron chi connectivity index (χ1n) is 6.06. The van der Waals surface area contributed by atoms with E-state index in [0.29, 0.717) is 5.75 Å². The van der Waals surface area contributed by atoms with Crippen molar-refractivity contribution in [3.63, 3.8) is 0 Å². The molecule has 18 heavy (non-hydrogen) atoms. The van der Waals surface area contributed by atoms with Crippen molar-refractivity contribution in [3.05, 3.63) is 52.7 Å². The van der Waals surface area contributed by atoms with E-state index in [1.807, 2.05) is 6.07 Å². The molecule has 0 amide bonds. The highest BCUT2D eigenvalue weighted by Crippen LogP contribution is 2.31. The quantitative estimate of drug-likeness (QED) is 0.694. The van der Waals surface area contributed by atoms with Crippen LogP contribution in [-0.2, 0) is 6.42 Å². The molecule has 2 heteroatoms. The maximum Gasteiger partial charge on any atom is 0.116 e. The van der Waals surface area contributed by atoms with Gasteiger partial charge in [0.25, 0.3) is 0 Å². The number of hydrogen-bond acceptors (Lipinski definition) is 2. The Labute approximate surface area is 110 Å². The summed E-state index contributed by atoms with van der Waals surface area (Å²) in [5, 5.41) is 16.1. The van der Waals surface area contributed by atoms with Crippen LogP contribution in [-0.4, -0.2) is 5.11 Å². The molecule has 2 aromatic carbocycles. The Kier molecular flexibility index (Phi) is 2.80. The molecule has 90 valence electrons. The van der Waals surface area contributed by atoms with Crippen LogP contribution in [0.15, 0.2) is 47.2 Å². The molecule has 1 heterocycles. The lowest BCUT2D eigenvalue weighted by molar-refractivity contribution is 0.476. The molecule has 0 bridgehead atoms. The molecule has 3 aromatic rings. The number of benzene rings is 2. The van der Waals surface area contributed by atoms with Crippen LogP contribution in [0.25, 0.3) is 21.9 Å². The molecule has 3 rings (SSSR count). The summed E-state index contributed by atoms with van der Waals surface area (Å²) in [5.74, 6) is 0.319. The standard InChI is InChI=1S/C16H14OS/c1-2-11-9-18-10-16(11)14-4-3-13-8-15(17)6-5-12(13)7-14/h3-10,17H,2H2,1H3. The molecule has 0 aliphatic heterocycles. The third-order valence-electron chi connectivity index (χ3n) is 3.26. The van der Waals surface area contributed by atoms with E-state index in [2.05, 4.69) is 35.9 Å². The first kappa shape index (κ1) is 11.3. The average molecular weight is 254 g/mol. The Bertz CT molecular complexity index is 697. The monoisotopic (exact) mass is 254 g/mol. The minimum atomic E-state index is 0.319. The average Bonchev–Trinajstić information content (AvgIpc) is 2.86. The zero-order chi connectivity index (χ0) is 12.5. The smallest absolute Gasteiger partial charge is 0.116 e. The maximum atomic E-state index is 9.47. The molecule has 0 saturated heterocycles. The molecule has 0 saturated carbocycles. The molecule has 0 atom stereocenters. The summed E-state index contributed by atoms with van der Waals surface area (Å²) in [4.78, 5) is 0. The Balaban J connectivity index is 2.16. The van der Waals surface area contributed by atoms with Gasteiger partial charge in [0.2, 0.25) is 0 Å². The van der Waals surface area contributed by atoms with Crippen LogP contribution in [0, 0.1) is 0 Å². The molecule has 0 aliphatic carbocycles. The Hall–Kier alpha value is -1.80. The predicted molar refractivity (Wildman–Crippen MR) is 78.3 cm³/mol. The van der Waals surface area contributed by atoms with Gasteiger partial charge < -0.3 is 5.11 Å². The van der Waals surface area contributed by atoms with Gasteiger partial charge in [0.1, 0.15) is 5.75 Å². The minimum absolute atomic E-state index is 0.319. The lowest BCUT2D eigenvalue weighted by atomic mass is 9.99. The lowest BCUT2D eigenvalue weighted by Crippen LogP contribution is -1.82. The Morgan fingerprint density at radius 2 is 1.78 bits per heavy atom. The van der Waals surface area contributed by atoms with E-state index in [9.17, 15) is 5.11 Å². The van der Waals surface area contributed by atoms with Crippen molar-refractivity contribution in [2.75, 3.05) is 0 Å². The molecule has 1 aromatic heterocycles. The van der Waals surface area contributed by atoms with Crippen LogP contribution < -0.4 is 0 Å².